The predicted octanol–water partition coefficient (Wildman–Crippen LogP) is 4.67. The molecule has 1 heterocycles. The van der Waals surface area contributed by atoms with Gasteiger partial charge in [-0.05, 0) is 35.7 Å². The summed E-state index contributed by atoms with van der Waals surface area (Å²) in [6.07, 6.45) is 0.676. The van der Waals surface area contributed by atoms with Crippen molar-refractivity contribution in [3.63, 3.8) is 0 Å². The molecule has 0 spiro atoms. The van der Waals surface area contributed by atoms with E-state index in [1.54, 1.807) is 6.07 Å². The highest BCUT2D eigenvalue weighted by Crippen LogP contribution is 2.40. The van der Waals surface area contributed by atoms with Crippen LogP contribution in [0.4, 0.5) is 5.69 Å². The summed E-state index contributed by atoms with van der Waals surface area (Å²) >= 11 is 10.6. The minimum atomic E-state index is -0.996. The monoisotopic (exact) mass is 359 g/mol. The van der Waals surface area contributed by atoms with Gasteiger partial charge in [-0.25, -0.2) is 4.79 Å². The lowest BCUT2D eigenvalue weighted by Crippen LogP contribution is -1.99. The second-order valence-electron chi connectivity index (χ2n) is 3.97. The molecule has 1 aromatic carbocycles. The molecule has 0 fully saturated rings. The Hall–Kier alpha value is -1.04. The molecule has 0 aliphatic carbocycles. The van der Waals surface area contributed by atoms with Gasteiger partial charge in [0.25, 0.3) is 0 Å². The van der Waals surface area contributed by atoms with E-state index < -0.39 is 5.97 Å². The molecule has 0 radical (unpaired) electrons. The largest absolute Gasteiger partial charge is 0.477 e. The van der Waals surface area contributed by atoms with Crippen LogP contribution in [-0.2, 0) is 6.42 Å². The fraction of sp³-hybridized carbons (Fsp3) is 0.154. The highest BCUT2D eigenvalue weighted by Gasteiger charge is 2.20. The van der Waals surface area contributed by atoms with Crippen molar-refractivity contribution in [1.29, 1.82) is 0 Å². The quantitative estimate of drug-likeness (QED) is 0.835. The van der Waals surface area contributed by atoms with Crippen LogP contribution in [0.15, 0.2) is 22.7 Å². The van der Waals surface area contributed by atoms with E-state index in [4.69, 9.17) is 22.4 Å². The second kappa shape index (κ2) is 5.53. The van der Waals surface area contributed by atoms with E-state index in [1.807, 2.05) is 19.1 Å². The number of carboxylic acids is 1. The summed E-state index contributed by atoms with van der Waals surface area (Å²) in [6, 6.07) is 5.50. The molecule has 0 saturated carbocycles. The van der Waals surface area contributed by atoms with Crippen LogP contribution < -0.4 is 5.73 Å². The number of hydrogen-bond donors (Lipinski definition) is 2. The zero-order chi connectivity index (χ0) is 14.2. The number of aromatic carboxylic acids is 1. The molecule has 6 heteroatoms. The molecule has 0 bridgehead atoms. The molecular weight excluding hydrogens is 350 g/mol. The third-order valence-corrected chi connectivity index (χ3v) is 4.68. The number of carbonyl (C=O) groups is 1. The van der Waals surface area contributed by atoms with Crippen molar-refractivity contribution >= 4 is 50.5 Å². The molecule has 0 saturated heterocycles. The van der Waals surface area contributed by atoms with Crippen LogP contribution in [-0.4, -0.2) is 11.1 Å². The second-order valence-corrected chi connectivity index (χ2v) is 6.34. The van der Waals surface area contributed by atoms with E-state index >= 15 is 0 Å². The van der Waals surface area contributed by atoms with Crippen molar-refractivity contribution in [2.75, 3.05) is 5.73 Å². The van der Waals surface area contributed by atoms with Crippen LogP contribution >= 0.6 is 38.9 Å². The van der Waals surface area contributed by atoms with E-state index in [9.17, 15) is 4.79 Å². The van der Waals surface area contributed by atoms with Gasteiger partial charge in [0.15, 0.2) is 0 Å². The molecule has 0 aliphatic heterocycles. The van der Waals surface area contributed by atoms with E-state index in [0.29, 0.717) is 17.1 Å². The Morgan fingerprint density at radius 3 is 2.68 bits per heavy atom. The van der Waals surface area contributed by atoms with Crippen molar-refractivity contribution in [1.82, 2.24) is 0 Å². The average Bonchev–Trinajstić information content (AvgIpc) is 2.65. The number of thiophene rings is 1. The number of carboxylic acid groups (broad SMARTS) is 1. The molecule has 100 valence electrons. The van der Waals surface area contributed by atoms with E-state index in [1.165, 1.54) is 11.3 Å². The van der Waals surface area contributed by atoms with E-state index in [-0.39, 0.29) is 4.88 Å². The Balaban J connectivity index is 2.67. The number of hydrogen-bond acceptors (Lipinski definition) is 3. The maximum atomic E-state index is 11.2. The summed E-state index contributed by atoms with van der Waals surface area (Å²) in [7, 11) is 0. The van der Waals surface area contributed by atoms with Crippen molar-refractivity contribution < 1.29 is 9.90 Å². The topological polar surface area (TPSA) is 63.3 Å². The standard InChI is InChI=1S/C13H11BrClNO2S/c1-2-9-10(16)12(13(17)18)19-11(9)6-3-7(14)5-8(15)4-6/h3-5H,2,16H2,1H3,(H,17,18). The number of nitrogens with two attached hydrogens (primary N) is 1. The molecule has 2 aromatic rings. The van der Waals surface area contributed by atoms with Gasteiger partial charge in [-0.15, -0.1) is 11.3 Å². The first-order chi connectivity index (χ1) is 8.93. The van der Waals surface area contributed by atoms with Gasteiger partial charge >= 0.3 is 5.97 Å². The molecule has 3 nitrogen and oxygen atoms in total. The van der Waals surface area contributed by atoms with Gasteiger partial charge in [0, 0.05) is 14.4 Å². The van der Waals surface area contributed by atoms with Gasteiger partial charge in [0.1, 0.15) is 4.88 Å². The third-order valence-electron chi connectivity index (χ3n) is 2.72. The van der Waals surface area contributed by atoms with Crippen LogP contribution in [0.5, 0.6) is 0 Å². The van der Waals surface area contributed by atoms with E-state index in [2.05, 4.69) is 15.9 Å². The van der Waals surface area contributed by atoms with Gasteiger partial charge in [-0.1, -0.05) is 34.5 Å². The van der Waals surface area contributed by atoms with Gasteiger partial charge in [-0.3, -0.25) is 0 Å². The molecule has 0 aliphatic rings. The smallest absolute Gasteiger partial charge is 0.348 e. The molecular formula is C13H11BrClNO2S. The lowest BCUT2D eigenvalue weighted by molar-refractivity contribution is 0.0703. The Morgan fingerprint density at radius 2 is 2.16 bits per heavy atom. The van der Waals surface area contributed by atoms with Crippen LogP contribution in [0.1, 0.15) is 22.2 Å². The third kappa shape index (κ3) is 2.78. The summed E-state index contributed by atoms with van der Waals surface area (Å²) < 4.78 is 0.848. The zero-order valence-corrected chi connectivity index (χ0v) is 13.2. The van der Waals surface area contributed by atoms with Crippen LogP contribution in [0.2, 0.25) is 5.02 Å². The summed E-state index contributed by atoms with van der Waals surface area (Å²) in [5.74, 6) is -0.996. The molecule has 0 atom stereocenters. The minimum Gasteiger partial charge on any atom is -0.477 e. The Morgan fingerprint density at radius 1 is 1.47 bits per heavy atom. The van der Waals surface area contributed by atoms with Crippen LogP contribution in [0.3, 0.4) is 0 Å². The van der Waals surface area contributed by atoms with Crippen molar-refractivity contribution in [3.8, 4) is 10.4 Å². The van der Waals surface area contributed by atoms with Gasteiger partial charge < -0.3 is 10.8 Å². The maximum absolute atomic E-state index is 11.2. The normalized spacial score (nSPS) is 10.7. The van der Waals surface area contributed by atoms with E-state index in [0.717, 1.165) is 20.5 Å². The summed E-state index contributed by atoms with van der Waals surface area (Å²) in [5, 5.41) is 9.74. The fourth-order valence-corrected chi connectivity index (χ4v) is 3.90. The zero-order valence-electron chi connectivity index (χ0n) is 10.0. The molecule has 0 amide bonds. The number of halogens is 2. The lowest BCUT2D eigenvalue weighted by atomic mass is 10.1. The highest BCUT2D eigenvalue weighted by atomic mass is 79.9. The average molecular weight is 361 g/mol. The SMILES string of the molecule is CCc1c(-c2cc(Cl)cc(Br)c2)sc(C(=O)O)c1N. The summed E-state index contributed by atoms with van der Waals surface area (Å²) in [5.41, 5.74) is 8.00. The fourth-order valence-electron chi connectivity index (χ4n) is 1.91. The van der Waals surface area contributed by atoms with Crippen molar-refractivity contribution in [2.24, 2.45) is 0 Å². The van der Waals surface area contributed by atoms with Gasteiger partial charge in [-0.2, -0.15) is 0 Å². The van der Waals surface area contributed by atoms with Gasteiger partial charge in [0.05, 0.1) is 5.69 Å². The highest BCUT2D eigenvalue weighted by molar-refractivity contribution is 9.10. The van der Waals surface area contributed by atoms with Crippen LogP contribution in [0, 0.1) is 0 Å². The first-order valence-electron chi connectivity index (χ1n) is 5.55. The maximum Gasteiger partial charge on any atom is 0.348 e. The van der Waals surface area contributed by atoms with Crippen molar-refractivity contribution in [3.05, 3.63) is 38.1 Å². The number of nitrogen functional groups attached to an aromatic ring is 1. The van der Waals surface area contributed by atoms with Crippen LogP contribution in [0.25, 0.3) is 10.4 Å². The number of rotatable bonds is 3. The number of anilines is 1. The molecule has 2 rings (SSSR count). The Kier molecular flexibility index (Phi) is 4.18. The number of benzene rings is 1. The molecule has 0 unspecified atom stereocenters. The molecule has 19 heavy (non-hydrogen) atoms. The van der Waals surface area contributed by atoms with Crippen molar-refractivity contribution in [2.45, 2.75) is 13.3 Å². The first kappa shape index (κ1) is 14.4. The molecule has 3 N–H and O–H groups in total. The van der Waals surface area contributed by atoms with Gasteiger partial charge in [0.2, 0.25) is 0 Å². The lowest BCUT2D eigenvalue weighted by Gasteiger charge is -2.04. The predicted molar refractivity (Wildman–Crippen MR) is 83.2 cm³/mol. The Labute approximate surface area is 128 Å². The molecule has 1 aromatic heterocycles. The summed E-state index contributed by atoms with van der Waals surface area (Å²) in [6.45, 7) is 1.95. The Bertz CT molecular complexity index is 634. The first-order valence-corrected chi connectivity index (χ1v) is 7.53. The minimum absolute atomic E-state index is 0.183. The summed E-state index contributed by atoms with van der Waals surface area (Å²) in [4.78, 5) is 12.2.